The van der Waals surface area contributed by atoms with E-state index in [1.807, 2.05) is 30.6 Å². The second-order valence-electron chi connectivity index (χ2n) is 5.60. The van der Waals surface area contributed by atoms with Crippen LogP contribution in [0.15, 0.2) is 41.8 Å². The van der Waals surface area contributed by atoms with Crippen molar-refractivity contribution in [3.05, 3.63) is 47.8 Å². The lowest BCUT2D eigenvalue weighted by atomic mass is 10.1. The summed E-state index contributed by atoms with van der Waals surface area (Å²) in [5.41, 5.74) is 6.91. The van der Waals surface area contributed by atoms with Crippen LogP contribution in [0.5, 0.6) is 0 Å². The van der Waals surface area contributed by atoms with Crippen LogP contribution in [0.3, 0.4) is 0 Å². The highest BCUT2D eigenvalue weighted by Crippen LogP contribution is 2.26. The van der Waals surface area contributed by atoms with Gasteiger partial charge in [0.25, 0.3) is 0 Å². The number of carbonyl (C=O) groups excluding carboxylic acids is 1. The van der Waals surface area contributed by atoms with Crippen molar-refractivity contribution >= 4 is 17.7 Å². The van der Waals surface area contributed by atoms with E-state index in [1.165, 1.54) is 0 Å². The molecule has 2 N–H and O–H groups in total. The Morgan fingerprint density at radius 1 is 1.40 bits per heavy atom. The molecule has 1 aromatic carbocycles. The number of nitrogens with two attached hydrogens (primary N) is 1. The molecule has 0 aliphatic rings. The number of aromatic nitrogens is 2. The Hall–Kier alpha value is -1.75. The molecule has 106 valence electrons. The SMILES string of the molecule is CC(C)(C)n1ccnc1SCc1cccc(C(N)=O)c1. The first kappa shape index (κ1) is 14.7. The molecule has 0 atom stereocenters. The Labute approximate surface area is 123 Å². The van der Waals surface area contributed by atoms with Gasteiger partial charge in [0.2, 0.25) is 5.91 Å². The van der Waals surface area contributed by atoms with Crippen LogP contribution in [0.1, 0.15) is 36.7 Å². The van der Waals surface area contributed by atoms with Crippen LogP contribution in [0.4, 0.5) is 0 Å². The molecule has 20 heavy (non-hydrogen) atoms. The maximum atomic E-state index is 11.2. The molecule has 5 heteroatoms. The van der Waals surface area contributed by atoms with Crippen LogP contribution in [0.25, 0.3) is 0 Å². The second-order valence-corrected chi connectivity index (χ2v) is 6.55. The smallest absolute Gasteiger partial charge is 0.248 e. The van der Waals surface area contributed by atoms with Gasteiger partial charge in [-0.1, -0.05) is 23.9 Å². The van der Waals surface area contributed by atoms with Gasteiger partial charge in [-0.05, 0) is 38.5 Å². The summed E-state index contributed by atoms with van der Waals surface area (Å²) in [4.78, 5) is 15.6. The first-order chi connectivity index (χ1) is 9.38. The molecule has 2 aromatic rings. The van der Waals surface area contributed by atoms with Gasteiger partial charge >= 0.3 is 0 Å². The number of thioether (sulfide) groups is 1. The fraction of sp³-hybridized carbons (Fsp3) is 0.333. The van der Waals surface area contributed by atoms with Gasteiger partial charge in [0.1, 0.15) is 0 Å². The number of amides is 1. The summed E-state index contributed by atoms with van der Waals surface area (Å²) >= 11 is 1.65. The lowest BCUT2D eigenvalue weighted by Gasteiger charge is -2.22. The average molecular weight is 289 g/mol. The Morgan fingerprint density at radius 3 is 2.80 bits per heavy atom. The molecule has 1 heterocycles. The molecule has 0 bridgehead atoms. The van der Waals surface area contributed by atoms with Gasteiger partial charge in [0, 0.05) is 29.2 Å². The minimum atomic E-state index is -0.395. The Kier molecular flexibility index (Phi) is 4.18. The molecule has 0 fully saturated rings. The third kappa shape index (κ3) is 3.42. The van der Waals surface area contributed by atoms with E-state index in [4.69, 9.17) is 5.73 Å². The fourth-order valence-corrected chi connectivity index (χ4v) is 2.95. The van der Waals surface area contributed by atoms with Crippen LogP contribution >= 0.6 is 11.8 Å². The van der Waals surface area contributed by atoms with Crippen LogP contribution < -0.4 is 5.73 Å². The minimum absolute atomic E-state index is 0.00784. The summed E-state index contributed by atoms with van der Waals surface area (Å²) in [6.45, 7) is 6.44. The maximum absolute atomic E-state index is 11.2. The maximum Gasteiger partial charge on any atom is 0.248 e. The predicted octanol–water partition coefficient (Wildman–Crippen LogP) is 3.03. The highest BCUT2D eigenvalue weighted by molar-refractivity contribution is 7.98. The number of primary amides is 1. The normalized spacial score (nSPS) is 11.6. The molecular formula is C15H19N3OS. The monoisotopic (exact) mass is 289 g/mol. The van der Waals surface area contributed by atoms with Crippen molar-refractivity contribution in [1.29, 1.82) is 0 Å². The van der Waals surface area contributed by atoms with E-state index in [-0.39, 0.29) is 5.54 Å². The molecule has 1 amide bonds. The van der Waals surface area contributed by atoms with Crippen LogP contribution in [0.2, 0.25) is 0 Å². The third-order valence-electron chi connectivity index (χ3n) is 2.91. The number of carbonyl (C=O) groups is 1. The van der Waals surface area contributed by atoms with Gasteiger partial charge in [0.15, 0.2) is 5.16 Å². The van der Waals surface area contributed by atoms with Crippen LogP contribution in [0, 0.1) is 0 Å². The summed E-state index contributed by atoms with van der Waals surface area (Å²) in [5, 5.41) is 0.974. The Bertz CT molecular complexity index is 614. The van der Waals surface area contributed by atoms with E-state index >= 15 is 0 Å². The fourth-order valence-electron chi connectivity index (χ4n) is 1.87. The van der Waals surface area contributed by atoms with Gasteiger partial charge < -0.3 is 10.3 Å². The van der Waals surface area contributed by atoms with Gasteiger partial charge in [0.05, 0.1) is 0 Å². The van der Waals surface area contributed by atoms with E-state index < -0.39 is 5.91 Å². The van der Waals surface area contributed by atoms with Crippen molar-refractivity contribution in [3.8, 4) is 0 Å². The zero-order valence-electron chi connectivity index (χ0n) is 12.0. The lowest BCUT2D eigenvalue weighted by molar-refractivity contribution is 0.1000. The first-order valence-corrected chi connectivity index (χ1v) is 7.42. The van der Waals surface area contributed by atoms with Gasteiger partial charge in [-0.25, -0.2) is 4.98 Å². The van der Waals surface area contributed by atoms with Crippen molar-refractivity contribution in [3.63, 3.8) is 0 Å². The lowest BCUT2D eigenvalue weighted by Crippen LogP contribution is -2.21. The van der Waals surface area contributed by atoms with Crippen LogP contribution in [-0.2, 0) is 11.3 Å². The molecule has 0 radical (unpaired) electrons. The van der Waals surface area contributed by atoms with E-state index in [0.29, 0.717) is 5.56 Å². The predicted molar refractivity (Wildman–Crippen MR) is 81.7 cm³/mol. The van der Waals surface area contributed by atoms with Gasteiger partial charge in [-0.15, -0.1) is 0 Å². The quantitative estimate of drug-likeness (QED) is 0.880. The second kappa shape index (κ2) is 5.71. The molecule has 0 saturated heterocycles. The molecule has 0 aliphatic heterocycles. The summed E-state index contributed by atoms with van der Waals surface area (Å²) in [5.74, 6) is 0.363. The molecule has 0 saturated carbocycles. The van der Waals surface area contributed by atoms with Crippen molar-refractivity contribution in [2.75, 3.05) is 0 Å². The number of imidazole rings is 1. The standard InChI is InChI=1S/C15H19N3OS/c1-15(2,3)18-8-7-17-14(18)20-10-11-5-4-6-12(9-11)13(16)19/h4-9H,10H2,1-3H3,(H2,16,19). The summed E-state index contributed by atoms with van der Waals surface area (Å²) < 4.78 is 2.15. The van der Waals surface area contributed by atoms with Crippen molar-refractivity contribution in [2.45, 2.75) is 37.2 Å². The number of hydrogen-bond acceptors (Lipinski definition) is 3. The van der Waals surface area contributed by atoms with Crippen molar-refractivity contribution < 1.29 is 4.79 Å². The highest BCUT2D eigenvalue weighted by atomic mass is 32.2. The van der Waals surface area contributed by atoms with Gasteiger partial charge in [-0.2, -0.15) is 0 Å². The minimum Gasteiger partial charge on any atom is -0.366 e. The van der Waals surface area contributed by atoms with Crippen LogP contribution in [-0.4, -0.2) is 15.5 Å². The van der Waals surface area contributed by atoms with E-state index in [2.05, 4.69) is 30.3 Å². The number of benzene rings is 1. The topological polar surface area (TPSA) is 60.9 Å². The molecule has 0 aliphatic carbocycles. The molecule has 4 nitrogen and oxygen atoms in total. The van der Waals surface area contributed by atoms with Gasteiger partial charge in [-0.3, -0.25) is 4.79 Å². The van der Waals surface area contributed by atoms with E-state index in [9.17, 15) is 4.79 Å². The Balaban J connectivity index is 2.12. The molecule has 0 spiro atoms. The largest absolute Gasteiger partial charge is 0.366 e. The third-order valence-corrected chi connectivity index (χ3v) is 3.95. The Morgan fingerprint density at radius 2 is 2.15 bits per heavy atom. The summed E-state index contributed by atoms with van der Waals surface area (Å²) in [6, 6.07) is 7.41. The summed E-state index contributed by atoms with van der Waals surface area (Å²) in [6.07, 6.45) is 3.80. The van der Waals surface area contributed by atoms with Crippen molar-refractivity contribution in [1.82, 2.24) is 9.55 Å². The number of nitrogens with zero attached hydrogens (tertiary/aromatic N) is 2. The molecule has 2 rings (SSSR count). The highest BCUT2D eigenvalue weighted by Gasteiger charge is 2.16. The molecular weight excluding hydrogens is 270 g/mol. The number of rotatable bonds is 4. The molecule has 0 unspecified atom stereocenters. The average Bonchev–Trinajstić information content (AvgIpc) is 2.85. The van der Waals surface area contributed by atoms with E-state index in [1.54, 1.807) is 17.8 Å². The molecule has 1 aromatic heterocycles. The first-order valence-electron chi connectivity index (χ1n) is 6.43. The number of hydrogen-bond donors (Lipinski definition) is 1. The zero-order chi connectivity index (χ0) is 14.8. The van der Waals surface area contributed by atoms with E-state index in [0.717, 1.165) is 16.5 Å². The summed E-state index contributed by atoms with van der Waals surface area (Å²) in [7, 11) is 0. The zero-order valence-corrected chi connectivity index (χ0v) is 12.8. The van der Waals surface area contributed by atoms with Crippen molar-refractivity contribution in [2.24, 2.45) is 5.73 Å².